The topological polar surface area (TPSA) is 179 Å². The van der Waals surface area contributed by atoms with E-state index < -0.39 is 57.1 Å². The highest BCUT2D eigenvalue weighted by Gasteiger charge is 2.41. The number of carbonyl (C=O) groups is 4. The maximum Gasteiger partial charge on any atom is 0.335 e. The molecule has 4 rings (SSSR count). The first-order chi connectivity index (χ1) is 58.7. The van der Waals surface area contributed by atoms with Crippen LogP contribution >= 0.6 is 0 Å². The number of benzene rings is 4. The van der Waals surface area contributed by atoms with Crippen molar-refractivity contribution >= 4 is 57.1 Å². The van der Waals surface area contributed by atoms with E-state index in [0.29, 0.717) is 42.9 Å². The van der Waals surface area contributed by atoms with Crippen molar-refractivity contribution in [2.75, 3.05) is 79.3 Å². The van der Waals surface area contributed by atoms with Crippen molar-refractivity contribution in [1.82, 2.24) is 0 Å². The van der Waals surface area contributed by atoms with Gasteiger partial charge in [-0.2, -0.15) is 0 Å². The smallest absolute Gasteiger partial charge is 0.335 e. The van der Waals surface area contributed by atoms with Gasteiger partial charge in [-0.3, -0.25) is 0 Å². The Balaban J connectivity index is 2.14. The fourth-order valence-electron chi connectivity index (χ4n) is 13.5. The van der Waals surface area contributed by atoms with Crippen LogP contribution in [0.4, 0.5) is 0 Å². The Morgan fingerprint density at radius 2 is 0.504 bits per heavy atom. The third-order valence-electron chi connectivity index (χ3n) is 25.9. The summed E-state index contributed by atoms with van der Waals surface area (Å²) in [4.78, 5) is 55.3. The molecule has 125 heavy (non-hydrogen) atoms. The van der Waals surface area contributed by atoms with Crippen LogP contribution in [-0.2, 0) is 107 Å². The molecule has 0 aliphatic heterocycles. The predicted molar refractivity (Wildman–Crippen MR) is 528 cm³/mol. The molecular formula is C105H172O16Si4. The zero-order chi connectivity index (χ0) is 93.4. The molecule has 4 aromatic carbocycles. The van der Waals surface area contributed by atoms with Gasteiger partial charge in [-0.25, -0.2) is 19.2 Å². The molecule has 4 aromatic rings. The fraction of sp³-hybridized carbons (Fsp3) is 0.657. The fourth-order valence-corrected chi connectivity index (χ4v) is 17.4. The lowest BCUT2D eigenvalue weighted by molar-refractivity contribution is -0.141. The lowest BCUT2D eigenvalue weighted by Crippen LogP contribution is -2.41. The summed E-state index contributed by atoms with van der Waals surface area (Å²) < 4.78 is 78.0. The van der Waals surface area contributed by atoms with Crippen LogP contribution in [0, 0.1) is 0 Å². The van der Waals surface area contributed by atoms with Crippen molar-refractivity contribution < 1.29 is 74.8 Å². The second kappa shape index (κ2) is 54.3. The lowest BCUT2D eigenvalue weighted by Gasteiger charge is -2.36. The van der Waals surface area contributed by atoms with E-state index in [1.165, 1.54) is 36.8 Å². The molecule has 0 saturated heterocycles. The number of hydrogen-bond donors (Lipinski definition) is 0. The quantitative estimate of drug-likeness (QED) is 0.0134. The summed E-state index contributed by atoms with van der Waals surface area (Å²) in [6, 6.07) is 20.3. The predicted octanol–water partition coefficient (Wildman–Crippen LogP) is 27.1. The Hall–Kier alpha value is -6.37. The van der Waals surface area contributed by atoms with Crippen LogP contribution in [-0.4, -0.2) is 136 Å². The highest BCUT2D eigenvalue weighted by atomic mass is 28.4. The molecule has 0 N–H and O–H groups in total. The molecule has 0 aliphatic rings. The SMILES string of the molecule is C=C(CO[Si](C)(C)C(C)(C)C)C(=O)OCCOc1ccc(CCCCCCC)cc1Cc1cc(CCCCCCC)cc(Cc2cc(CCCCCCC)cc(Cc3cc(CCCCCCC)cc(CC)c3OCCOC(=O)C(=C)CO[Si](C)(C)C(C)(C)C)c2OCCOC(=O)C(=C)CO[Si](C)(C)C(C)(C)C)c1OCCOC(=O)C(=C)CO[Si](C)(C)C(C)(C)C. The monoisotopic (exact) mass is 1800 g/mol. The van der Waals surface area contributed by atoms with E-state index in [0.717, 1.165) is 184 Å². The second-order valence-electron chi connectivity index (χ2n) is 40.8. The molecule has 0 radical (unpaired) electrons. The van der Waals surface area contributed by atoms with Crippen molar-refractivity contribution in [2.45, 2.75) is 370 Å². The summed E-state index contributed by atoms with van der Waals surface area (Å²) in [6.45, 7) is 71.2. The molecule has 0 amide bonds. The van der Waals surface area contributed by atoms with E-state index in [-0.39, 0.29) is 122 Å². The minimum Gasteiger partial charge on any atom is -0.490 e. The first kappa shape index (κ1) is 111. The maximum absolute atomic E-state index is 14.0. The third-order valence-corrected chi connectivity index (χ3v) is 43.8. The van der Waals surface area contributed by atoms with E-state index in [4.69, 9.17) is 55.6 Å². The molecule has 20 heteroatoms. The lowest BCUT2D eigenvalue weighted by atomic mass is 9.89. The van der Waals surface area contributed by atoms with Crippen LogP contribution in [0.1, 0.15) is 307 Å². The molecule has 0 fully saturated rings. The van der Waals surface area contributed by atoms with E-state index in [1.54, 1.807) is 0 Å². The second-order valence-corrected chi connectivity index (χ2v) is 60.0. The van der Waals surface area contributed by atoms with Gasteiger partial charge in [0.25, 0.3) is 0 Å². The van der Waals surface area contributed by atoms with Crippen LogP contribution in [0.15, 0.2) is 103 Å². The molecule has 0 spiro atoms. The third kappa shape index (κ3) is 39.1. The van der Waals surface area contributed by atoms with Crippen molar-refractivity contribution in [1.29, 1.82) is 0 Å². The molecule has 16 nitrogen and oxygen atoms in total. The van der Waals surface area contributed by atoms with E-state index in [1.807, 2.05) is 0 Å². The molecule has 0 heterocycles. The number of ether oxygens (including phenoxy) is 8. The number of hydrogen-bond acceptors (Lipinski definition) is 16. The average molecular weight is 1800 g/mol. The van der Waals surface area contributed by atoms with Gasteiger partial charge in [-0.15, -0.1) is 0 Å². The Bertz CT molecular complexity index is 4030. The first-order valence-corrected chi connectivity index (χ1v) is 59.3. The number of rotatable bonds is 63. The van der Waals surface area contributed by atoms with Gasteiger partial charge in [-0.05, 0) is 198 Å². The van der Waals surface area contributed by atoms with Gasteiger partial charge in [0.2, 0.25) is 0 Å². The largest absolute Gasteiger partial charge is 0.490 e. The van der Waals surface area contributed by atoms with Crippen molar-refractivity contribution in [3.05, 3.63) is 164 Å². The van der Waals surface area contributed by atoms with Gasteiger partial charge in [0, 0.05) is 19.3 Å². The van der Waals surface area contributed by atoms with E-state index >= 15 is 0 Å². The van der Waals surface area contributed by atoms with Gasteiger partial charge < -0.3 is 55.6 Å². The Morgan fingerprint density at radius 1 is 0.280 bits per heavy atom. The van der Waals surface area contributed by atoms with E-state index in [2.05, 4.69) is 251 Å². The zero-order valence-electron chi connectivity index (χ0n) is 83.3. The number of carbonyl (C=O) groups excluding carboxylic acids is 4. The number of esters is 4. The minimum absolute atomic E-state index is 0.00493. The van der Waals surface area contributed by atoms with Crippen LogP contribution < -0.4 is 18.9 Å². The highest BCUT2D eigenvalue weighted by Crippen LogP contribution is 2.43. The normalized spacial score (nSPS) is 12.4. The van der Waals surface area contributed by atoms with Gasteiger partial charge in [0.05, 0.1) is 48.7 Å². The van der Waals surface area contributed by atoms with Crippen LogP contribution in [0.5, 0.6) is 23.0 Å². The summed E-state index contributed by atoms with van der Waals surface area (Å²) in [6.07, 6.45) is 27.4. The Kier molecular flexibility index (Phi) is 48.2. The van der Waals surface area contributed by atoms with Crippen molar-refractivity contribution in [2.24, 2.45) is 0 Å². The van der Waals surface area contributed by atoms with Gasteiger partial charge in [-0.1, -0.05) is 295 Å². The molecule has 0 saturated carbocycles. The zero-order valence-corrected chi connectivity index (χ0v) is 87.3. The van der Waals surface area contributed by atoms with Crippen LogP contribution in [0.2, 0.25) is 72.5 Å². The number of unbranched alkanes of at least 4 members (excludes halogenated alkanes) is 16. The molecule has 0 unspecified atom stereocenters. The van der Waals surface area contributed by atoms with Gasteiger partial charge in [0.15, 0.2) is 33.3 Å². The van der Waals surface area contributed by atoms with Crippen LogP contribution in [0.25, 0.3) is 0 Å². The molecule has 0 aromatic heterocycles. The molecular weight excluding hydrogens is 1630 g/mol. The Labute approximate surface area is 763 Å². The van der Waals surface area contributed by atoms with Gasteiger partial charge >= 0.3 is 23.9 Å². The summed E-state index contributed by atoms with van der Waals surface area (Å²) in [7, 11) is -8.86. The Morgan fingerprint density at radius 3 is 0.760 bits per heavy atom. The summed E-state index contributed by atoms with van der Waals surface area (Å²) in [5.74, 6) is 0.560. The molecule has 0 atom stereocenters. The van der Waals surface area contributed by atoms with Crippen molar-refractivity contribution in [3.63, 3.8) is 0 Å². The maximum atomic E-state index is 14.0. The average Bonchev–Trinajstić information content (AvgIpc) is 0.777. The molecule has 704 valence electrons. The summed E-state index contributed by atoms with van der Waals surface area (Å²) in [5, 5.41) is -0.257. The minimum atomic E-state index is -2.25. The van der Waals surface area contributed by atoms with Gasteiger partial charge in [0.1, 0.15) is 75.9 Å². The first-order valence-electron chi connectivity index (χ1n) is 47.7. The molecule has 0 aliphatic carbocycles. The molecule has 0 bridgehead atoms. The standard InChI is InChI=1S/C105H172O16Si4/c1-30-35-39-43-47-51-83-55-56-94(110-57-61-114-98(106)79(6)75-118-122(22,23)102(10,11)12)88(65-83)72-89-68-85(53-49-45-41-37-32-3)69-92(96(89)112-59-63-116-100(108)81(8)77-120-124(26,27)104(16,17)18)74-93-71-86(54-50-46-42-38-33-4)70-91(97(93)113-60-64-117-101(109)82(9)78-121-125(28,29)105(19,20)21)73-90-67-84(52-48-44-40-36-31-2)66-87(34-5)95(90)111-58-62-115-99(107)80(7)76-119-123(24,25)103(13,14)15/h55-56,65-71H,6-9,30-54,57-64,72-78H2,1-5,10-29H3. The van der Waals surface area contributed by atoms with Crippen LogP contribution in [0.3, 0.4) is 0 Å². The van der Waals surface area contributed by atoms with Crippen molar-refractivity contribution in [3.8, 4) is 23.0 Å². The van der Waals surface area contributed by atoms with E-state index in [9.17, 15) is 19.2 Å². The highest BCUT2D eigenvalue weighted by molar-refractivity contribution is 6.75. The summed E-state index contributed by atoms with van der Waals surface area (Å²) in [5.41, 5.74) is 12.4. The summed E-state index contributed by atoms with van der Waals surface area (Å²) >= 11 is 0. The number of aryl methyl sites for hydroxylation is 5.